The van der Waals surface area contributed by atoms with E-state index in [9.17, 15) is 14.9 Å². The number of allylic oxidation sites excluding steroid dienone is 1. The van der Waals surface area contributed by atoms with E-state index < -0.39 is 16.9 Å². The SMILES string of the molecule is CCOC(=O)C1=C(C)N=C2SC=CN2C1c1ccc(OC)c([N+](=O)[O-])c1. The lowest BCUT2D eigenvalue weighted by Crippen LogP contribution is -2.34. The first kappa shape index (κ1) is 18.0. The molecule has 1 aromatic rings. The van der Waals surface area contributed by atoms with Gasteiger partial charge in [0, 0.05) is 12.3 Å². The lowest BCUT2D eigenvalue weighted by atomic mass is 9.94. The van der Waals surface area contributed by atoms with Crippen molar-refractivity contribution in [2.24, 2.45) is 4.99 Å². The maximum Gasteiger partial charge on any atom is 0.338 e. The number of aliphatic imine (C=N–C) groups is 1. The standard InChI is InChI=1S/C17H17N3O5S/c1-4-25-16(21)14-10(2)18-17-19(7-8-26-17)15(14)11-5-6-13(24-3)12(9-11)20(22)23/h5-9,15H,4H2,1-3H3. The molecule has 0 aromatic heterocycles. The molecule has 8 nitrogen and oxygen atoms in total. The first-order chi connectivity index (χ1) is 12.5. The van der Waals surface area contributed by atoms with Gasteiger partial charge in [0.15, 0.2) is 10.9 Å². The Morgan fingerprint density at radius 2 is 2.23 bits per heavy atom. The number of methoxy groups -OCH3 is 1. The van der Waals surface area contributed by atoms with Crippen molar-refractivity contribution in [3.05, 3.63) is 56.8 Å². The van der Waals surface area contributed by atoms with Gasteiger partial charge in [0.25, 0.3) is 0 Å². The number of ether oxygens (including phenoxy) is 2. The smallest absolute Gasteiger partial charge is 0.338 e. The number of carbonyl (C=O) groups is 1. The maximum atomic E-state index is 12.6. The van der Waals surface area contributed by atoms with Crippen LogP contribution in [-0.4, -0.2) is 34.7 Å². The number of hydrogen-bond acceptors (Lipinski definition) is 8. The highest BCUT2D eigenvalue weighted by atomic mass is 32.2. The number of fused-ring (bicyclic) bond motifs is 1. The number of nitro benzene ring substituents is 1. The number of esters is 1. The summed E-state index contributed by atoms with van der Waals surface area (Å²) in [5.41, 5.74) is 1.32. The zero-order valence-corrected chi connectivity index (χ0v) is 15.3. The minimum atomic E-state index is -0.558. The van der Waals surface area contributed by atoms with Crippen LogP contribution in [0.5, 0.6) is 5.75 Å². The van der Waals surface area contributed by atoms with Crippen LogP contribution in [0.15, 0.2) is 46.1 Å². The summed E-state index contributed by atoms with van der Waals surface area (Å²) in [4.78, 5) is 29.7. The van der Waals surface area contributed by atoms with Gasteiger partial charge in [-0.15, -0.1) is 0 Å². The molecule has 0 spiro atoms. The molecule has 0 saturated carbocycles. The van der Waals surface area contributed by atoms with Gasteiger partial charge in [0.1, 0.15) is 0 Å². The van der Waals surface area contributed by atoms with Crippen molar-refractivity contribution in [2.45, 2.75) is 19.9 Å². The summed E-state index contributed by atoms with van der Waals surface area (Å²) < 4.78 is 10.3. The Morgan fingerprint density at radius 1 is 1.46 bits per heavy atom. The van der Waals surface area contributed by atoms with E-state index in [2.05, 4.69) is 4.99 Å². The fourth-order valence-corrected chi connectivity index (χ4v) is 3.71. The molecule has 0 bridgehead atoms. The molecule has 0 N–H and O–H groups in total. The van der Waals surface area contributed by atoms with Crippen LogP contribution >= 0.6 is 11.8 Å². The lowest BCUT2D eigenvalue weighted by Gasteiger charge is -2.33. The molecule has 9 heteroatoms. The van der Waals surface area contributed by atoms with E-state index in [1.165, 1.54) is 31.0 Å². The summed E-state index contributed by atoms with van der Waals surface area (Å²) in [6.45, 7) is 3.69. The zero-order chi connectivity index (χ0) is 18.8. The Morgan fingerprint density at radius 3 is 2.88 bits per heavy atom. The Bertz CT molecular complexity index is 862. The van der Waals surface area contributed by atoms with Crippen LogP contribution in [0.3, 0.4) is 0 Å². The number of carbonyl (C=O) groups excluding carboxylic acids is 1. The maximum absolute atomic E-state index is 12.6. The fraction of sp³-hybridized carbons (Fsp3) is 0.294. The second-order valence-electron chi connectivity index (χ2n) is 5.52. The van der Waals surface area contributed by atoms with Gasteiger partial charge in [-0.05, 0) is 30.9 Å². The number of thioether (sulfide) groups is 1. The highest BCUT2D eigenvalue weighted by Gasteiger charge is 2.38. The van der Waals surface area contributed by atoms with Gasteiger partial charge >= 0.3 is 11.7 Å². The third-order valence-corrected chi connectivity index (χ3v) is 4.80. The highest BCUT2D eigenvalue weighted by molar-refractivity contribution is 8.16. The van der Waals surface area contributed by atoms with E-state index in [0.717, 1.165) is 0 Å². The molecule has 0 saturated heterocycles. The molecule has 0 fully saturated rings. The largest absolute Gasteiger partial charge is 0.490 e. The molecule has 0 aliphatic carbocycles. The molecule has 2 aliphatic heterocycles. The summed E-state index contributed by atoms with van der Waals surface area (Å²) in [7, 11) is 1.38. The van der Waals surface area contributed by atoms with Crippen LogP contribution in [0.1, 0.15) is 25.5 Å². The molecule has 136 valence electrons. The van der Waals surface area contributed by atoms with Gasteiger partial charge < -0.3 is 14.4 Å². The Balaban J connectivity index is 2.15. The molecule has 3 rings (SSSR count). The first-order valence-electron chi connectivity index (χ1n) is 7.88. The molecule has 26 heavy (non-hydrogen) atoms. The summed E-state index contributed by atoms with van der Waals surface area (Å²) in [5, 5.41) is 14.0. The van der Waals surface area contributed by atoms with Gasteiger partial charge in [-0.2, -0.15) is 0 Å². The third-order valence-electron chi connectivity index (χ3n) is 4.03. The highest BCUT2D eigenvalue weighted by Crippen LogP contribution is 2.42. The number of nitro groups is 1. The van der Waals surface area contributed by atoms with Crippen molar-refractivity contribution < 1.29 is 19.2 Å². The number of rotatable bonds is 5. The fourth-order valence-electron chi connectivity index (χ4n) is 2.92. The summed E-state index contributed by atoms with van der Waals surface area (Å²) in [6, 6.07) is 4.11. The van der Waals surface area contributed by atoms with Crippen LogP contribution in [0.4, 0.5) is 5.69 Å². The minimum absolute atomic E-state index is 0.160. The van der Waals surface area contributed by atoms with Crippen LogP contribution in [0.25, 0.3) is 0 Å². The third kappa shape index (κ3) is 3.05. The van der Waals surface area contributed by atoms with Crippen LogP contribution in [-0.2, 0) is 9.53 Å². The summed E-state index contributed by atoms with van der Waals surface area (Å²) >= 11 is 1.42. The van der Waals surface area contributed by atoms with Gasteiger partial charge in [-0.3, -0.25) is 10.1 Å². The van der Waals surface area contributed by atoms with E-state index in [4.69, 9.17) is 9.47 Å². The molecule has 0 amide bonds. The van der Waals surface area contributed by atoms with Gasteiger partial charge in [-0.25, -0.2) is 9.79 Å². The number of benzene rings is 1. The number of nitrogens with zero attached hydrogens (tertiary/aromatic N) is 3. The van der Waals surface area contributed by atoms with Gasteiger partial charge in [0.2, 0.25) is 0 Å². The average Bonchev–Trinajstić information content (AvgIpc) is 3.07. The predicted octanol–water partition coefficient (Wildman–Crippen LogP) is 3.37. The quantitative estimate of drug-likeness (QED) is 0.442. The molecule has 0 radical (unpaired) electrons. The van der Waals surface area contributed by atoms with Crippen LogP contribution < -0.4 is 4.74 Å². The molecule has 2 aliphatic rings. The van der Waals surface area contributed by atoms with E-state index in [1.807, 2.05) is 10.3 Å². The average molecular weight is 375 g/mol. The van der Waals surface area contributed by atoms with Gasteiger partial charge in [-0.1, -0.05) is 17.8 Å². The Hall–Kier alpha value is -2.81. The van der Waals surface area contributed by atoms with Crippen molar-refractivity contribution in [2.75, 3.05) is 13.7 Å². The molecule has 1 aromatic carbocycles. The minimum Gasteiger partial charge on any atom is -0.490 e. The van der Waals surface area contributed by atoms with Crippen molar-refractivity contribution in [1.29, 1.82) is 0 Å². The Kier molecular flexibility index (Phi) is 4.99. The second kappa shape index (κ2) is 7.20. The zero-order valence-electron chi connectivity index (χ0n) is 14.5. The van der Waals surface area contributed by atoms with Crippen molar-refractivity contribution in [1.82, 2.24) is 4.90 Å². The van der Waals surface area contributed by atoms with Crippen LogP contribution in [0, 0.1) is 10.1 Å². The molecule has 1 unspecified atom stereocenters. The normalized spacial score (nSPS) is 18.5. The Labute approximate surface area is 154 Å². The van der Waals surface area contributed by atoms with E-state index in [1.54, 1.807) is 26.1 Å². The molecule has 2 heterocycles. The monoisotopic (exact) mass is 375 g/mol. The van der Waals surface area contributed by atoms with E-state index >= 15 is 0 Å². The summed E-state index contributed by atoms with van der Waals surface area (Å²) in [6.07, 6.45) is 1.80. The topological polar surface area (TPSA) is 94.3 Å². The predicted molar refractivity (Wildman–Crippen MR) is 97.7 cm³/mol. The second-order valence-corrected chi connectivity index (χ2v) is 6.39. The first-order valence-corrected chi connectivity index (χ1v) is 8.76. The van der Waals surface area contributed by atoms with Crippen LogP contribution in [0.2, 0.25) is 0 Å². The number of hydrogen-bond donors (Lipinski definition) is 0. The molecule has 1 atom stereocenters. The van der Waals surface area contributed by atoms with Crippen molar-refractivity contribution in [3.63, 3.8) is 0 Å². The number of amidine groups is 1. The van der Waals surface area contributed by atoms with Crippen molar-refractivity contribution >= 4 is 28.6 Å². The molecular weight excluding hydrogens is 358 g/mol. The summed E-state index contributed by atoms with van der Waals surface area (Å²) in [5.74, 6) is -0.324. The van der Waals surface area contributed by atoms with E-state index in [-0.39, 0.29) is 18.0 Å². The molecular formula is C17H17N3O5S. The van der Waals surface area contributed by atoms with Crippen molar-refractivity contribution in [3.8, 4) is 5.75 Å². The lowest BCUT2D eigenvalue weighted by molar-refractivity contribution is -0.385. The van der Waals surface area contributed by atoms with Gasteiger partial charge in [0.05, 0.1) is 36.0 Å². The van der Waals surface area contributed by atoms with E-state index in [0.29, 0.717) is 22.0 Å².